The Morgan fingerprint density at radius 3 is 2.57 bits per heavy atom. The van der Waals surface area contributed by atoms with Crippen molar-refractivity contribution < 1.29 is 13.5 Å². The van der Waals surface area contributed by atoms with Gasteiger partial charge in [0.15, 0.2) is 0 Å². The van der Waals surface area contributed by atoms with Crippen molar-refractivity contribution in [1.82, 2.24) is 4.72 Å². The standard InChI is InChI=1S/C16H23NO3S/c18-10-9-16(13-5-6-13)17-21(19,20)15-8-7-12-3-1-2-4-14(12)11-15/h7-8,11,13,16-18H,1-6,9-10H2. The number of hydrogen-bond acceptors (Lipinski definition) is 3. The first kappa shape index (κ1) is 15.0. The molecule has 1 unspecified atom stereocenters. The molecule has 0 saturated heterocycles. The number of hydrogen-bond donors (Lipinski definition) is 2. The Hall–Kier alpha value is -0.910. The first-order valence-electron chi connectivity index (χ1n) is 7.85. The van der Waals surface area contributed by atoms with Gasteiger partial charge in [0.1, 0.15) is 0 Å². The minimum Gasteiger partial charge on any atom is -0.396 e. The molecule has 0 aromatic heterocycles. The smallest absolute Gasteiger partial charge is 0.240 e. The second kappa shape index (κ2) is 6.07. The molecule has 4 nitrogen and oxygen atoms in total. The van der Waals surface area contributed by atoms with E-state index in [9.17, 15) is 8.42 Å². The molecular formula is C16H23NO3S. The molecule has 0 heterocycles. The van der Waals surface area contributed by atoms with Gasteiger partial charge in [0, 0.05) is 12.6 Å². The predicted molar refractivity (Wildman–Crippen MR) is 81.6 cm³/mol. The lowest BCUT2D eigenvalue weighted by atomic mass is 9.92. The molecule has 0 bridgehead atoms. The van der Waals surface area contributed by atoms with Crippen LogP contribution in [0, 0.1) is 5.92 Å². The summed E-state index contributed by atoms with van der Waals surface area (Å²) in [6.07, 6.45) is 6.96. The summed E-state index contributed by atoms with van der Waals surface area (Å²) in [5, 5.41) is 9.10. The maximum Gasteiger partial charge on any atom is 0.240 e. The van der Waals surface area contributed by atoms with Gasteiger partial charge < -0.3 is 5.11 Å². The number of fused-ring (bicyclic) bond motifs is 1. The number of nitrogens with one attached hydrogen (secondary N) is 1. The van der Waals surface area contributed by atoms with Crippen molar-refractivity contribution in [3.05, 3.63) is 29.3 Å². The predicted octanol–water partition coefficient (Wildman–Crippen LogP) is 2.00. The Bertz CT molecular complexity index is 608. The molecular weight excluding hydrogens is 286 g/mol. The maximum atomic E-state index is 12.5. The van der Waals surface area contributed by atoms with Crippen LogP contribution in [0.15, 0.2) is 23.1 Å². The molecule has 1 saturated carbocycles. The van der Waals surface area contributed by atoms with Gasteiger partial charge in [-0.15, -0.1) is 0 Å². The zero-order chi connectivity index (χ0) is 14.9. The van der Waals surface area contributed by atoms with Crippen LogP contribution in [0.2, 0.25) is 0 Å². The molecule has 1 aromatic rings. The summed E-state index contributed by atoms with van der Waals surface area (Å²) < 4.78 is 27.9. The van der Waals surface area contributed by atoms with E-state index in [1.807, 2.05) is 12.1 Å². The van der Waals surface area contributed by atoms with E-state index in [2.05, 4.69) is 4.72 Å². The molecule has 0 aliphatic heterocycles. The molecule has 2 aliphatic carbocycles. The third-order valence-electron chi connectivity index (χ3n) is 4.57. The van der Waals surface area contributed by atoms with Gasteiger partial charge in [-0.3, -0.25) is 0 Å². The molecule has 3 rings (SSSR count). The number of benzene rings is 1. The number of aliphatic hydroxyl groups excluding tert-OH is 1. The number of rotatable bonds is 6. The molecule has 2 N–H and O–H groups in total. The zero-order valence-corrected chi connectivity index (χ0v) is 13.0. The number of aryl methyl sites for hydroxylation is 2. The second-order valence-corrected chi connectivity index (χ2v) is 7.93. The molecule has 1 aromatic carbocycles. The third kappa shape index (κ3) is 3.47. The summed E-state index contributed by atoms with van der Waals surface area (Å²) in [7, 11) is -3.48. The lowest BCUT2D eigenvalue weighted by Gasteiger charge is -2.19. The van der Waals surface area contributed by atoms with Gasteiger partial charge >= 0.3 is 0 Å². The average molecular weight is 309 g/mol. The van der Waals surface area contributed by atoms with Gasteiger partial charge in [-0.05, 0) is 74.1 Å². The Morgan fingerprint density at radius 1 is 1.19 bits per heavy atom. The average Bonchev–Trinajstić information content (AvgIpc) is 3.31. The van der Waals surface area contributed by atoms with Crippen LogP contribution in [0.3, 0.4) is 0 Å². The molecule has 0 spiro atoms. The van der Waals surface area contributed by atoms with Crippen molar-refractivity contribution in [1.29, 1.82) is 0 Å². The van der Waals surface area contributed by atoms with Crippen molar-refractivity contribution >= 4 is 10.0 Å². The molecule has 2 aliphatic rings. The van der Waals surface area contributed by atoms with Gasteiger partial charge in [-0.2, -0.15) is 0 Å². The normalized spacial score (nSPS) is 20.0. The highest BCUT2D eigenvalue weighted by Crippen LogP contribution is 2.35. The first-order valence-corrected chi connectivity index (χ1v) is 9.33. The largest absolute Gasteiger partial charge is 0.396 e. The molecule has 1 fully saturated rings. The van der Waals surface area contributed by atoms with E-state index < -0.39 is 10.0 Å². The van der Waals surface area contributed by atoms with Crippen molar-refractivity contribution in [2.75, 3.05) is 6.61 Å². The van der Waals surface area contributed by atoms with Crippen molar-refractivity contribution in [3.63, 3.8) is 0 Å². The molecule has 0 radical (unpaired) electrons. The van der Waals surface area contributed by atoms with E-state index in [0.717, 1.165) is 32.1 Å². The van der Waals surface area contributed by atoms with Gasteiger partial charge in [0.2, 0.25) is 10.0 Å². The molecule has 0 amide bonds. The third-order valence-corrected chi connectivity index (χ3v) is 6.06. The van der Waals surface area contributed by atoms with E-state index in [-0.39, 0.29) is 12.6 Å². The van der Waals surface area contributed by atoms with Crippen LogP contribution in [-0.2, 0) is 22.9 Å². The van der Waals surface area contributed by atoms with E-state index in [1.54, 1.807) is 6.07 Å². The fourth-order valence-electron chi connectivity index (χ4n) is 3.17. The number of sulfonamides is 1. The topological polar surface area (TPSA) is 66.4 Å². The van der Waals surface area contributed by atoms with Gasteiger partial charge in [-0.1, -0.05) is 6.07 Å². The molecule has 21 heavy (non-hydrogen) atoms. The minimum atomic E-state index is -3.48. The van der Waals surface area contributed by atoms with Gasteiger partial charge in [0.25, 0.3) is 0 Å². The van der Waals surface area contributed by atoms with E-state index in [0.29, 0.717) is 17.2 Å². The van der Waals surface area contributed by atoms with Crippen LogP contribution in [0.4, 0.5) is 0 Å². The lowest BCUT2D eigenvalue weighted by molar-refractivity contribution is 0.265. The van der Waals surface area contributed by atoms with Crippen LogP contribution < -0.4 is 4.72 Å². The zero-order valence-electron chi connectivity index (χ0n) is 12.2. The highest BCUT2D eigenvalue weighted by atomic mass is 32.2. The molecule has 1 atom stereocenters. The summed E-state index contributed by atoms with van der Waals surface area (Å²) in [6, 6.07) is 5.38. The van der Waals surface area contributed by atoms with E-state index in [4.69, 9.17) is 5.11 Å². The fraction of sp³-hybridized carbons (Fsp3) is 0.625. The Kier molecular flexibility index (Phi) is 4.33. The highest BCUT2D eigenvalue weighted by molar-refractivity contribution is 7.89. The van der Waals surface area contributed by atoms with Crippen molar-refractivity contribution in [2.45, 2.75) is 55.9 Å². The van der Waals surface area contributed by atoms with Crippen molar-refractivity contribution in [2.24, 2.45) is 5.92 Å². The van der Waals surface area contributed by atoms with Gasteiger partial charge in [-0.25, -0.2) is 13.1 Å². The van der Waals surface area contributed by atoms with Crippen molar-refractivity contribution in [3.8, 4) is 0 Å². The van der Waals surface area contributed by atoms with E-state index in [1.165, 1.54) is 17.5 Å². The summed E-state index contributed by atoms with van der Waals surface area (Å²) >= 11 is 0. The Balaban J connectivity index is 1.80. The Morgan fingerprint density at radius 2 is 1.90 bits per heavy atom. The van der Waals surface area contributed by atoms with E-state index >= 15 is 0 Å². The van der Waals surface area contributed by atoms with Crippen LogP contribution >= 0.6 is 0 Å². The summed E-state index contributed by atoms with van der Waals surface area (Å²) in [5.74, 6) is 0.393. The quantitative estimate of drug-likeness (QED) is 0.844. The molecule has 5 heteroatoms. The fourth-order valence-corrected chi connectivity index (χ4v) is 4.56. The SMILES string of the molecule is O=S(=O)(NC(CCO)C1CC1)c1ccc2c(c1)CCCC2. The minimum absolute atomic E-state index is 0.0217. The van der Waals surface area contributed by atoms with Gasteiger partial charge in [0.05, 0.1) is 4.90 Å². The van der Waals surface area contributed by atoms with Crippen LogP contribution in [0.5, 0.6) is 0 Å². The van der Waals surface area contributed by atoms with Crippen LogP contribution in [0.1, 0.15) is 43.2 Å². The molecule has 116 valence electrons. The Labute approximate surface area is 126 Å². The number of aliphatic hydroxyl groups is 1. The maximum absolute atomic E-state index is 12.5. The summed E-state index contributed by atoms with van der Waals surface area (Å²) in [4.78, 5) is 0.367. The highest BCUT2D eigenvalue weighted by Gasteiger charge is 2.34. The summed E-state index contributed by atoms with van der Waals surface area (Å²) in [5.41, 5.74) is 2.46. The lowest BCUT2D eigenvalue weighted by Crippen LogP contribution is -2.37. The summed E-state index contributed by atoms with van der Waals surface area (Å²) in [6.45, 7) is 0.0217. The van der Waals surface area contributed by atoms with Crippen LogP contribution in [-0.4, -0.2) is 26.2 Å². The monoisotopic (exact) mass is 309 g/mol. The second-order valence-electron chi connectivity index (χ2n) is 6.22. The first-order chi connectivity index (χ1) is 10.1. The van der Waals surface area contributed by atoms with Crippen LogP contribution in [0.25, 0.3) is 0 Å².